The Bertz CT molecular complexity index is 947. The van der Waals surface area contributed by atoms with Gasteiger partial charge in [0.25, 0.3) is 0 Å². The molecule has 0 saturated carbocycles. The maximum Gasteiger partial charge on any atom is 0.200 e. The monoisotopic (exact) mass is 350 g/mol. The Balaban J connectivity index is 1.53. The number of benzene rings is 1. The van der Waals surface area contributed by atoms with Crippen molar-refractivity contribution in [3.05, 3.63) is 59.7 Å². The number of hydrogen-bond donors (Lipinski definition) is 3. The molecule has 7 heteroatoms. The molecule has 1 aromatic carbocycles. The fourth-order valence-electron chi connectivity index (χ4n) is 3.13. The minimum atomic E-state index is -0.481. The van der Waals surface area contributed by atoms with E-state index in [0.717, 1.165) is 29.8 Å². The first-order chi connectivity index (χ1) is 12.6. The van der Waals surface area contributed by atoms with Crippen molar-refractivity contribution in [3.8, 4) is 28.6 Å². The third-order valence-corrected chi connectivity index (χ3v) is 4.56. The van der Waals surface area contributed by atoms with E-state index < -0.39 is 5.75 Å². The van der Waals surface area contributed by atoms with Crippen LogP contribution in [0.2, 0.25) is 0 Å². The minimum absolute atomic E-state index is 0.278. The first-order valence-corrected chi connectivity index (χ1v) is 8.32. The van der Waals surface area contributed by atoms with Crippen molar-refractivity contribution in [1.82, 2.24) is 19.9 Å². The highest BCUT2D eigenvalue weighted by molar-refractivity contribution is 5.54. The van der Waals surface area contributed by atoms with E-state index in [4.69, 9.17) is 0 Å². The van der Waals surface area contributed by atoms with Crippen LogP contribution in [0.1, 0.15) is 16.8 Å². The van der Waals surface area contributed by atoms with E-state index in [1.165, 1.54) is 6.07 Å². The molecule has 7 nitrogen and oxygen atoms in total. The zero-order chi connectivity index (χ0) is 18.1. The third-order valence-electron chi connectivity index (χ3n) is 4.56. The number of phenolic OH excluding ortho intramolecular Hbond substituents is 3. The van der Waals surface area contributed by atoms with Crippen molar-refractivity contribution in [2.45, 2.75) is 19.5 Å². The van der Waals surface area contributed by atoms with Crippen LogP contribution in [0.5, 0.6) is 17.2 Å². The molecule has 0 aliphatic carbocycles. The highest BCUT2D eigenvalue weighted by Gasteiger charge is 2.21. The minimum Gasteiger partial charge on any atom is -0.504 e. The fraction of sp³-hybridized carbons (Fsp3) is 0.211. The van der Waals surface area contributed by atoms with E-state index in [1.807, 2.05) is 18.3 Å². The van der Waals surface area contributed by atoms with Crippen LogP contribution in [0, 0.1) is 0 Å². The zero-order valence-corrected chi connectivity index (χ0v) is 14.0. The fourth-order valence-corrected chi connectivity index (χ4v) is 3.13. The van der Waals surface area contributed by atoms with E-state index in [9.17, 15) is 15.3 Å². The SMILES string of the molecule is Oc1ccc(CN2CCc3nc(-c4ccncc4)ncc3C2)c(O)c1O. The summed E-state index contributed by atoms with van der Waals surface area (Å²) in [6.45, 7) is 1.90. The van der Waals surface area contributed by atoms with Crippen LogP contribution >= 0.6 is 0 Å². The molecule has 3 heterocycles. The molecule has 4 rings (SSSR count). The van der Waals surface area contributed by atoms with Gasteiger partial charge in [-0.25, -0.2) is 9.97 Å². The second-order valence-electron chi connectivity index (χ2n) is 6.30. The topological polar surface area (TPSA) is 103 Å². The number of aromatic nitrogens is 3. The lowest BCUT2D eigenvalue weighted by atomic mass is 10.1. The van der Waals surface area contributed by atoms with Crippen LogP contribution in [0.25, 0.3) is 11.4 Å². The summed E-state index contributed by atoms with van der Waals surface area (Å²) in [5, 5.41) is 29.1. The van der Waals surface area contributed by atoms with Crippen LogP contribution in [0.3, 0.4) is 0 Å². The van der Waals surface area contributed by atoms with E-state index in [0.29, 0.717) is 24.5 Å². The number of hydrogen-bond acceptors (Lipinski definition) is 7. The van der Waals surface area contributed by atoms with Gasteiger partial charge in [0.05, 0.1) is 5.69 Å². The van der Waals surface area contributed by atoms with Crippen LogP contribution in [-0.4, -0.2) is 41.7 Å². The lowest BCUT2D eigenvalue weighted by Gasteiger charge is -2.28. The number of fused-ring (bicyclic) bond motifs is 1. The van der Waals surface area contributed by atoms with Crippen molar-refractivity contribution in [2.24, 2.45) is 0 Å². The van der Waals surface area contributed by atoms with Crippen LogP contribution in [-0.2, 0) is 19.5 Å². The second kappa shape index (κ2) is 6.61. The Labute approximate surface area is 150 Å². The summed E-state index contributed by atoms with van der Waals surface area (Å²) >= 11 is 0. The first kappa shape index (κ1) is 16.3. The van der Waals surface area contributed by atoms with Gasteiger partial charge >= 0.3 is 0 Å². The van der Waals surface area contributed by atoms with Crippen LogP contribution in [0.15, 0.2) is 42.9 Å². The molecule has 0 saturated heterocycles. The van der Waals surface area contributed by atoms with Gasteiger partial charge in [-0.2, -0.15) is 0 Å². The third kappa shape index (κ3) is 3.04. The number of aromatic hydroxyl groups is 3. The van der Waals surface area contributed by atoms with Gasteiger partial charge in [0.1, 0.15) is 0 Å². The Morgan fingerprint density at radius 1 is 1.00 bits per heavy atom. The second-order valence-corrected chi connectivity index (χ2v) is 6.30. The molecule has 26 heavy (non-hydrogen) atoms. The lowest BCUT2D eigenvalue weighted by Crippen LogP contribution is -2.31. The number of pyridine rings is 1. The normalized spacial score (nSPS) is 14.2. The van der Waals surface area contributed by atoms with Crippen molar-refractivity contribution in [1.29, 1.82) is 0 Å². The van der Waals surface area contributed by atoms with Crippen LogP contribution in [0.4, 0.5) is 0 Å². The van der Waals surface area contributed by atoms with Gasteiger partial charge in [0.2, 0.25) is 5.75 Å². The standard InChI is InChI=1S/C19H18N4O3/c24-16-2-1-13(17(25)18(16)26)10-23-8-5-15-14(11-23)9-21-19(22-15)12-3-6-20-7-4-12/h1-4,6-7,9,24-26H,5,8,10-11H2. The molecule has 3 N–H and O–H groups in total. The zero-order valence-electron chi connectivity index (χ0n) is 14.0. The molecule has 0 spiro atoms. The van der Waals surface area contributed by atoms with Gasteiger partial charge in [-0.15, -0.1) is 0 Å². The Morgan fingerprint density at radius 2 is 1.81 bits per heavy atom. The largest absolute Gasteiger partial charge is 0.504 e. The van der Waals surface area contributed by atoms with Crippen LogP contribution < -0.4 is 0 Å². The molecule has 1 aliphatic heterocycles. The van der Waals surface area contributed by atoms with E-state index in [1.54, 1.807) is 18.5 Å². The Morgan fingerprint density at radius 3 is 2.62 bits per heavy atom. The molecule has 3 aromatic rings. The molecule has 0 radical (unpaired) electrons. The summed E-state index contributed by atoms with van der Waals surface area (Å²) in [6, 6.07) is 6.77. The molecule has 0 fully saturated rings. The molecule has 132 valence electrons. The molecular weight excluding hydrogens is 332 g/mol. The van der Waals surface area contributed by atoms with Crippen molar-refractivity contribution in [3.63, 3.8) is 0 Å². The molecule has 0 amide bonds. The lowest BCUT2D eigenvalue weighted by molar-refractivity contribution is 0.238. The maximum absolute atomic E-state index is 10.0. The predicted molar refractivity (Wildman–Crippen MR) is 94.5 cm³/mol. The Kier molecular flexibility index (Phi) is 4.14. The molecule has 2 aromatic heterocycles. The van der Waals surface area contributed by atoms with Gasteiger partial charge in [-0.3, -0.25) is 9.88 Å². The summed E-state index contributed by atoms with van der Waals surface area (Å²) in [7, 11) is 0. The number of phenols is 3. The predicted octanol–water partition coefficient (Wildman–Crippen LogP) is 2.21. The van der Waals surface area contributed by atoms with Gasteiger partial charge in [-0.05, 0) is 18.2 Å². The molecule has 0 atom stereocenters. The summed E-state index contributed by atoms with van der Waals surface area (Å²) < 4.78 is 0. The molecule has 1 aliphatic rings. The molecular formula is C19H18N4O3. The summed E-state index contributed by atoms with van der Waals surface area (Å²) in [5.41, 5.74) is 3.59. The molecule has 0 bridgehead atoms. The quantitative estimate of drug-likeness (QED) is 0.622. The van der Waals surface area contributed by atoms with E-state index in [2.05, 4.69) is 19.9 Å². The number of rotatable bonds is 3. The summed E-state index contributed by atoms with van der Waals surface area (Å²) in [6.07, 6.45) is 6.07. The highest BCUT2D eigenvalue weighted by Crippen LogP contribution is 2.37. The van der Waals surface area contributed by atoms with Crippen molar-refractivity contribution < 1.29 is 15.3 Å². The Hall–Kier alpha value is -3.19. The van der Waals surface area contributed by atoms with Crippen molar-refractivity contribution >= 4 is 0 Å². The molecule has 0 unspecified atom stereocenters. The average Bonchev–Trinajstić information content (AvgIpc) is 2.69. The van der Waals surface area contributed by atoms with E-state index in [-0.39, 0.29) is 11.5 Å². The van der Waals surface area contributed by atoms with Gasteiger partial charge < -0.3 is 15.3 Å². The van der Waals surface area contributed by atoms with E-state index >= 15 is 0 Å². The first-order valence-electron chi connectivity index (χ1n) is 8.32. The number of nitrogens with zero attached hydrogens (tertiary/aromatic N) is 4. The maximum atomic E-state index is 10.0. The average molecular weight is 350 g/mol. The van der Waals surface area contributed by atoms with Crippen molar-refractivity contribution in [2.75, 3.05) is 6.54 Å². The van der Waals surface area contributed by atoms with Gasteiger partial charge in [0.15, 0.2) is 17.3 Å². The highest BCUT2D eigenvalue weighted by atomic mass is 16.3. The van der Waals surface area contributed by atoms with Gasteiger partial charge in [-0.1, -0.05) is 6.07 Å². The summed E-state index contributed by atoms with van der Waals surface area (Å²) in [5.74, 6) is -0.390. The smallest absolute Gasteiger partial charge is 0.200 e. The summed E-state index contributed by atoms with van der Waals surface area (Å²) in [4.78, 5) is 15.3. The van der Waals surface area contributed by atoms with Gasteiger partial charge in [0, 0.05) is 61.3 Å².